The third kappa shape index (κ3) is 3.31. The van der Waals surface area contributed by atoms with E-state index in [4.69, 9.17) is 0 Å². The minimum atomic E-state index is -1.08. The number of carboxylic acid groups (broad SMARTS) is 1. The highest BCUT2D eigenvalue weighted by molar-refractivity contribution is 6.00. The Hall–Kier alpha value is -2.68. The molecule has 0 saturated heterocycles. The quantitative estimate of drug-likeness (QED) is 0.648. The average Bonchev–Trinajstić information content (AvgIpc) is 2.56. The predicted molar refractivity (Wildman–Crippen MR) is 85.9 cm³/mol. The van der Waals surface area contributed by atoms with Gasteiger partial charge in [0.2, 0.25) is 0 Å². The number of rotatable bonds is 6. The lowest BCUT2D eigenvalue weighted by Gasteiger charge is -2.23. The van der Waals surface area contributed by atoms with Gasteiger partial charge in [0.05, 0.1) is 0 Å². The normalized spacial score (nSPS) is 13.1. The van der Waals surface area contributed by atoms with Gasteiger partial charge in [-0.2, -0.15) is 0 Å². The first kappa shape index (κ1) is 15.7. The van der Waals surface area contributed by atoms with Crippen LogP contribution in [0.2, 0.25) is 0 Å². The second-order valence-corrected chi connectivity index (χ2v) is 5.24. The Kier molecular flexibility index (Phi) is 4.89. The molecule has 0 aromatic heterocycles. The largest absolute Gasteiger partial charge is 0.478 e. The van der Waals surface area contributed by atoms with Gasteiger partial charge in [0.15, 0.2) is 5.78 Å². The van der Waals surface area contributed by atoms with Crippen molar-refractivity contribution in [1.82, 2.24) is 0 Å². The van der Waals surface area contributed by atoms with Gasteiger partial charge in [0.25, 0.3) is 0 Å². The molecule has 0 aliphatic heterocycles. The maximum atomic E-state index is 12.7. The highest BCUT2D eigenvalue weighted by Gasteiger charge is 2.31. The van der Waals surface area contributed by atoms with Crippen molar-refractivity contribution in [2.24, 2.45) is 5.92 Å². The maximum absolute atomic E-state index is 12.7. The lowest BCUT2D eigenvalue weighted by molar-refractivity contribution is -0.133. The van der Waals surface area contributed by atoms with Crippen LogP contribution in [-0.4, -0.2) is 16.9 Å². The summed E-state index contributed by atoms with van der Waals surface area (Å²) in [7, 11) is 0. The number of hydrogen-bond acceptors (Lipinski definition) is 2. The molecule has 2 unspecified atom stereocenters. The zero-order valence-corrected chi connectivity index (χ0v) is 12.4. The summed E-state index contributed by atoms with van der Waals surface area (Å²) in [4.78, 5) is 24.0. The van der Waals surface area contributed by atoms with E-state index in [1.807, 2.05) is 36.4 Å². The molecule has 1 N–H and O–H groups in total. The Morgan fingerprint density at radius 3 is 1.95 bits per heavy atom. The fraction of sp³-hybridized carbons (Fsp3) is 0.158. The molecule has 3 nitrogen and oxygen atoms in total. The fourth-order valence-corrected chi connectivity index (χ4v) is 2.60. The molecule has 2 aromatic carbocycles. The van der Waals surface area contributed by atoms with E-state index in [0.717, 1.165) is 5.56 Å². The smallest absolute Gasteiger partial charge is 0.331 e. The van der Waals surface area contributed by atoms with Gasteiger partial charge in [-0.05, 0) is 5.56 Å². The van der Waals surface area contributed by atoms with Gasteiger partial charge in [0.1, 0.15) is 0 Å². The van der Waals surface area contributed by atoms with Crippen LogP contribution in [0.15, 0.2) is 72.8 Å². The third-order valence-corrected chi connectivity index (χ3v) is 3.78. The van der Waals surface area contributed by atoms with Crippen LogP contribution in [0.4, 0.5) is 0 Å². The molecule has 0 saturated carbocycles. The van der Waals surface area contributed by atoms with Gasteiger partial charge < -0.3 is 5.11 Å². The summed E-state index contributed by atoms with van der Waals surface area (Å²) < 4.78 is 0. The molecule has 0 heterocycles. The Labute approximate surface area is 129 Å². The Morgan fingerprint density at radius 2 is 1.45 bits per heavy atom. The van der Waals surface area contributed by atoms with Crippen LogP contribution in [-0.2, 0) is 4.79 Å². The van der Waals surface area contributed by atoms with Gasteiger partial charge in [0, 0.05) is 23.0 Å². The molecule has 0 radical (unpaired) electrons. The van der Waals surface area contributed by atoms with E-state index < -0.39 is 17.8 Å². The monoisotopic (exact) mass is 294 g/mol. The van der Waals surface area contributed by atoms with E-state index in [9.17, 15) is 14.7 Å². The second-order valence-electron chi connectivity index (χ2n) is 5.24. The fourth-order valence-electron chi connectivity index (χ4n) is 2.60. The number of ketones is 1. The standard InChI is InChI=1S/C19H18O3/c1-13(18(20)16-11-7-4-8-12-16)17(14(2)19(21)22)15-9-5-3-6-10-15/h3-13,17H,2H2,1H3,(H,21,22). The third-order valence-electron chi connectivity index (χ3n) is 3.78. The van der Waals surface area contributed by atoms with Crippen molar-refractivity contribution >= 4 is 11.8 Å². The van der Waals surface area contributed by atoms with Crippen LogP contribution < -0.4 is 0 Å². The van der Waals surface area contributed by atoms with Crippen molar-refractivity contribution in [2.45, 2.75) is 12.8 Å². The zero-order valence-electron chi connectivity index (χ0n) is 12.4. The first-order valence-electron chi connectivity index (χ1n) is 7.08. The zero-order chi connectivity index (χ0) is 16.1. The molecule has 22 heavy (non-hydrogen) atoms. The molecule has 0 aliphatic rings. The summed E-state index contributed by atoms with van der Waals surface area (Å²) in [6.07, 6.45) is 0. The van der Waals surface area contributed by atoms with E-state index in [1.54, 1.807) is 31.2 Å². The van der Waals surface area contributed by atoms with Crippen molar-refractivity contribution in [3.8, 4) is 0 Å². The maximum Gasteiger partial charge on any atom is 0.331 e. The molecule has 2 atom stereocenters. The number of carbonyl (C=O) groups is 2. The molecule has 3 heteroatoms. The molecule has 112 valence electrons. The van der Waals surface area contributed by atoms with Crippen molar-refractivity contribution in [3.63, 3.8) is 0 Å². The minimum absolute atomic E-state index is 0.0305. The van der Waals surface area contributed by atoms with Gasteiger partial charge >= 0.3 is 5.97 Å². The summed E-state index contributed by atoms with van der Waals surface area (Å²) in [5, 5.41) is 9.30. The topological polar surface area (TPSA) is 54.4 Å². The van der Waals surface area contributed by atoms with Crippen LogP contribution in [0, 0.1) is 5.92 Å². The lowest BCUT2D eigenvalue weighted by Crippen LogP contribution is -2.24. The number of aliphatic carboxylic acids is 1. The van der Waals surface area contributed by atoms with E-state index in [2.05, 4.69) is 6.58 Å². The Morgan fingerprint density at radius 1 is 0.955 bits per heavy atom. The highest BCUT2D eigenvalue weighted by atomic mass is 16.4. The van der Waals surface area contributed by atoms with Crippen LogP contribution in [0.1, 0.15) is 28.8 Å². The SMILES string of the molecule is C=C(C(=O)O)C(c1ccccc1)C(C)C(=O)c1ccccc1. The van der Waals surface area contributed by atoms with Crippen LogP contribution >= 0.6 is 0 Å². The van der Waals surface area contributed by atoms with Gasteiger partial charge in [-0.25, -0.2) is 4.79 Å². The molecule has 0 fully saturated rings. The Balaban J connectivity index is 2.39. The van der Waals surface area contributed by atoms with Crippen molar-refractivity contribution in [1.29, 1.82) is 0 Å². The summed E-state index contributed by atoms with van der Waals surface area (Å²) in [5.41, 5.74) is 1.39. The van der Waals surface area contributed by atoms with Crippen molar-refractivity contribution < 1.29 is 14.7 Å². The summed E-state index contributed by atoms with van der Waals surface area (Å²) >= 11 is 0. The molecule has 2 aromatic rings. The van der Waals surface area contributed by atoms with E-state index in [0.29, 0.717) is 5.56 Å². The van der Waals surface area contributed by atoms with E-state index in [1.165, 1.54) is 0 Å². The predicted octanol–water partition coefficient (Wildman–Crippen LogP) is 3.93. The number of hydrogen-bond donors (Lipinski definition) is 1. The van der Waals surface area contributed by atoms with E-state index in [-0.39, 0.29) is 11.4 Å². The molecular formula is C19H18O3. The average molecular weight is 294 g/mol. The summed E-state index contributed by atoms with van der Waals surface area (Å²) in [6, 6.07) is 18.1. The first-order chi connectivity index (χ1) is 10.5. The highest BCUT2D eigenvalue weighted by Crippen LogP contribution is 2.33. The second kappa shape index (κ2) is 6.85. The molecule has 2 rings (SSSR count). The van der Waals surface area contributed by atoms with Crippen LogP contribution in [0.5, 0.6) is 0 Å². The molecule has 0 aliphatic carbocycles. The number of benzene rings is 2. The van der Waals surface area contributed by atoms with Crippen LogP contribution in [0.3, 0.4) is 0 Å². The summed E-state index contributed by atoms with van der Waals surface area (Å²) in [5.74, 6) is -2.22. The first-order valence-corrected chi connectivity index (χ1v) is 7.08. The Bertz CT molecular complexity index is 674. The van der Waals surface area contributed by atoms with Gasteiger partial charge in [-0.15, -0.1) is 0 Å². The molecule has 0 amide bonds. The number of Topliss-reactive ketones (excluding diaryl/α,β-unsaturated/α-hetero) is 1. The van der Waals surface area contributed by atoms with Gasteiger partial charge in [-0.1, -0.05) is 74.2 Å². The molecule has 0 bridgehead atoms. The van der Waals surface area contributed by atoms with Crippen molar-refractivity contribution in [2.75, 3.05) is 0 Å². The lowest BCUT2D eigenvalue weighted by atomic mass is 9.78. The van der Waals surface area contributed by atoms with Gasteiger partial charge in [-0.3, -0.25) is 4.79 Å². The van der Waals surface area contributed by atoms with Crippen LogP contribution in [0.25, 0.3) is 0 Å². The summed E-state index contributed by atoms with van der Waals surface area (Å²) in [6.45, 7) is 5.43. The molecule has 0 spiro atoms. The minimum Gasteiger partial charge on any atom is -0.478 e. The molecular weight excluding hydrogens is 276 g/mol. The van der Waals surface area contributed by atoms with Crippen molar-refractivity contribution in [3.05, 3.63) is 83.9 Å². The number of carbonyl (C=O) groups excluding carboxylic acids is 1. The van der Waals surface area contributed by atoms with E-state index >= 15 is 0 Å². The number of carboxylic acids is 1.